The van der Waals surface area contributed by atoms with E-state index >= 15 is 0 Å². The molecule has 0 radical (unpaired) electrons. The summed E-state index contributed by atoms with van der Waals surface area (Å²) >= 11 is 0. The molecule has 0 aliphatic rings. The maximum Gasteiger partial charge on any atom is 0.425 e. The van der Waals surface area contributed by atoms with Crippen LogP contribution in [0, 0.1) is 0 Å². The predicted octanol–water partition coefficient (Wildman–Crippen LogP) is 14.5. The van der Waals surface area contributed by atoms with Gasteiger partial charge in [-0.15, -0.1) is 0 Å². The van der Waals surface area contributed by atoms with Crippen molar-refractivity contribution in [3.63, 3.8) is 0 Å². The van der Waals surface area contributed by atoms with Crippen LogP contribution in [-0.4, -0.2) is 154 Å². The maximum atomic E-state index is 12.0. The Morgan fingerprint density at radius 3 is 0.982 bits per heavy atom. The van der Waals surface area contributed by atoms with E-state index in [9.17, 15) is 94.6 Å². The molecule has 0 aromatic heterocycles. The SMILES string of the molecule is C=Cc1ccc(CCCCOC(=O)C(O)C(F)(F)F)cc1.C=Cc1ccc(CCCOC(=O)C(O)C(F)(F)F)cc1.C=Cc1ccc(CCOC(=O)C(O)C(F)(F)F)cc1.C=Cc1ccc(COC(=O)C(C)O)cc1.C=Cc1cccc(COC(=O)C(O)C(F)(F)F)c1.C=Cc1ccccc1COC(=O)C(O)C(F)(F)F. The molecule has 111 heavy (non-hydrogen) atoms. The highest BCUT2D eigenvalue weighted by Gasteiger charge is 2.48. The third kappa shape index (κ3) is 40.5. The number of alkyl halides is 15. The number of aliphatic hydroxyl groups excluding tert-OH is 6. The zero-order valence-electron chi connectivity index (χ0n) is 59.3. The molecule has 0 aliphatic heterocycles. The molecular formula is C78H81F15O18. The van der Waals surface area contributed by atoms with Gasteiger partial charge < -0.3 is 59.1 Å². The summed E-state index contributed by atoms with van der Waals surface area (Å²) in [7, 11) is 0. The molecular weight excluding hydrogens is 1510 g/mol. The summed E-state index contributed by atoms with van der Waals surface area (Å²) in [5.74, 6) is -9.05. The summed E-state index contributed by atoms with van der Waals surface area (Å²) in [6.45, 7) is 21.9. The molecule has 6 aromatic carbocycles. The van der Waals surface area contributed by atoms with Crippen LogP contribution in [0.1, 0.15) is 92.9 Å². The molecule has 6 unspecified atom stereocenters. The highest BCUT2D eigenvalue weighted by Crippen LogP contribution is 2.26. The van der Waals surface area contributed by atoms with Gasteiger partial charge in [0.05, 0.1) is 19.8 Å². The van der Waals surface area contributed by atoms with Crippen LogP contribution in [0.25, 0.3) is 36.5 Å². The average Bonchev–Trinajstić information content (AvgIpc) is 0.856. The van der Waals surface area contributed by atoms with E-state index in [1.165, 1.54) is 13.0 Å². The van der Waals surface area contributed by atoms with Crippen molar-refractivity contribution in [2.75, 3.05) is 19.8 Å². The molecule has 6 rings (SSSR count). The van der Waals surface area contributed by atoms with Gasteiger partial charge in [-0.1, -0.05) is 215 Å². The van der Waals surface area contributed by atoms with Gasteiger partial charge in [0.1, 0.15) is 25.9 Å². The van der Waals surface area contributed by atoms with Gasteiger partial charge in [-0.2, -0.15) is 65.9 Å². The lowest BCUT2D eigenvalue weighted by Crippen LogP contribution is -2.37. The van der Waals surface area contributed by atoms with Crippen molar-refractivity contribution in [2.45, 2.75) is 133 Å². The van der Waals surface area contributed by atoms with Crippen molar-refractivity contribution in [1.82, 2.24) is 0 Å². The first-order chi connectivity index (χ1) is 51.9. The fourth-order valence-corrected chi connectivity index (χ4v) is 7.85. The number of hydrogen-bond acceptors (Lipinski definition) is 18. The highest BCUT2D eigenvalue weighted by atomic mass is 19.4. The number of benzene rings is 6. The molecule has 0 bridgehead atoms. The number of unbranched alkanes of at least 4 members (excludes halogenated alkanes) is 1. The number of aliphatic hydroxyl groups is 6. The Morgan fingerprint density at radius 1 is 0.315 bits per heavy atom. The predicted molar refractivity (Wildman–Crippen MR) is 378 cm³/mol. The van der Waals surface area contributed by atoms with Gasteiger partial charge in [-0.05, 0) is 112 Å². The Morgan fingerprint density at radius 2 is 0.622 bits per heavy atom. The van der Waals surface area contributed by atoms with E-state index in [2.05, 4.69) is 63.2 Å². The second-order valence-corrected chi connectivity index (χ2v) is 22.7. The lowest BCUT2D eigenvalue weighted by Gasteiger charge is -2.14. The Bertz CT molecular complexity index is 3870. The van der Waals surface area contributed by atoms with Crippen LogP contribution in [0.4, 0.5) is 65.9 Å². The van der Waals surface area contributed by atoms with Gasteiger partial charge >= 0.3 is 66.7 Å². The minimum Gasteiger partial charge on any atom is -0.464 e. The van der Waals surface area contributed by atoms with Gasteiger partial charge in [0.15, 0.2) is 0 Å². The summed E-state index contributed by atoms with van der Waals surface area (Å²) in [6, 6.07) is 43.0. The normalized spacial score (nSPS) is 12.7. The van der Waals surface area contributed by atoms with Gasteiger partial charge in [-0.3, -0.25) is 0 Å². The zero-order valence-corrected chi connectivity index (χ0v) is 59.3. The lowest BCUT2D eigenvalue weighted by molar-refractivity contribution is -0.219. The average molecular weight is 1590 g/mol. The van der Waals surface area contributed by atoms with Crippen molar-refractivity contribution in [1.29, 1.82) is 0 Å². The monoisotopic (exact) mass is 1590 g/mol. The Hall–Kier alpha value is -10.7. The van der Waals surface area contributed by atoms with Gasteiger partial charge in [0.2, 0.25) is 30.5 Å². The molecule has 0 saturated carbocycles. The molecule has 33 heteroatoms. The fourth-order valence-electron chi connectivity index (χ4n) is 7.85. The summed E-state index contributed by atoms with van der Waals surface area (Å²) < 4.78 is 207. The first-order valence-electron chi connectivity index (χ1n) is 32.6. The van der Waals surface area contributed by atoms with Gasteiger partial charge in [0, 0.05) is 6.42 Å². The quantitative estimate of drug-likeness (QED) is 0.0106. The highest BCUT2D eigenvalue weighted by molar-refractivity contribution is 5.77. The molecule has 0 aliphatic carbocycles. The minimum atomic E-state index is -5.02. The third-order valence-corrected chi connectivity index (χ3v) is 14.1. The number of hydrogen-bond donors (Lipinski definition) is 6. The maximum absolute atomic E-state index is 12.0. The summed E-state index contributed by atoms with van der Waals surface area (Å²) in [5.41, 5.74) is 10.1. The number of aryl methyl sites for hydroxylation is 2. The third-order valence-electron chi connectivity index (χ3n) is 14.1. The second kappa shape index (κ2) is 49.4. The molecule has 6 atom stereocenters. The standard InChI is InChI=1S/C15H17F3O3.C14H15F3O3.C13H13F3O3.2C12H11F3O3.C12H14O3/c1-2-11-6-8-12(9-7-11)5-3-4-10-21-14(20)13(19)15(16,17)18;1-2-10-5-7-11(8-6-10)4-3-9-20-13(19)12(18)14(15,16)17;1-2-9-3-5-10(6-4-9)7-8-19-12(18)11(17)13(14,15)16;1-2-8-4-3-5-9(6-8)7-18-11(17)10(16)12(13,14)15;1-2-8-5-3-4-6-9(8)7-18-11(17)10(16)12(13,14)15;1-3-10-4-6-11(7-5-10)8-15-12(14)9(2)13/h2,6-9,13,19H,1,3-5,10H2;2,5-8,12,18H,1,3-4,9H2;2-6,11,17H,1,7-8H2;2*2-6,10,16H,1,7H2;3-7,9,13H,1,8H2,2H3. The van der Waals surface area contributed by atoms with Crippen LogP contribution in [0.5, 0.6) is 0 Å². The number of halogens is 15. The second-order valence-electron chi connectivity index (χ2n) is 22.7. The largest absolute Gasteiger partial charge is 0.464 e. The number of esters is 6. The van der Waals surface area contributed by atoms with E-state index in [1.807, 2.05) is 72.8 Å². The van der Waals surface area contributed by atoms with Crippen LogP contribution in [-0.2, 0) is 96.3 Å². The van der Waals surface area contributed by atoms with Crippen LogP contribution < -0.4 is 0 Å². The molecule has 0 heterocycles. The smallest absolute Gasteiger partial charge is 0.425 e. The first-order valence-corrected chi connectivity index (χ1v) is 32.6. The van der Waals surface area contributed by atoms with Gasteiger partial charge in [-0.25, -0.2) is 28.8 Å². The van der Waals surface area contributed by atoms with Crippen molar-refractivity contribution >= 4 is 72.3 Å². The summed E-state index contributed by atoms with van der Waals surface area (Å²) in [4.78, 5) is 65.4. The Kier molecular flexibility index (Phi) is 43.8. The number of rotatable bonds is 30. The molecule has 606 valence electrons. The van der Waals surface area contributed by atoms with Crippen LogP contribution in [0.3, 0.4) is 0 Å². The Labute approximate surface area is 628 Å². The van der Waals surface area contributed by atoms with Crippen molar-refractivity contribution < 1.29 is 154 Å². The number of carbonyl (C=O) groups is 6. The number of carbonyl (C=O) groups excluding carboxylic acids is 6. The molecule has 0 fully saturated rings. The molecule has 0 spiro atoms. The lowest BCUT2D eigenvalue weighted by atomic mass is 10.1. The summed E-state index contributed by atoms with van der Waals surface area (Å²) in [6.07, 6.45) is -28.6. The van der Waals surface area contributed by atoms with Crippen LogP contribution >= 0.6 is 0 Å². The van der Waals surface area contributed by atoms with E-state index in [-0.39, 0.29) is 46.1 Å². The summed E-state index contributed by atoms with van der Waals surface area (Å²) in [5, 5.41) is 52.0. The van der Waals surface area contributed by atoms with E-state index in [0.717, 1.165) is 56.5 Å². The van der Waals surface area contributed by atoms with E-state index in [4.69, 9.17) is 35.4 Å². The molecule has 6 aromatic rings. The van der Waals surface area contributed by atoms with Gasteiger partial charge in [0.25, 0.3) is 0 Å². The van der Waals surface area contributed by atoms with Crippen LogP contribution in [0.15, 0.2) is 185 Å². The first kappa shape index (κ1) is 98.3. The van der Waals surface area contributed by atoms with Crippen molar-refractivity contribution in [3.8, 4) is 0 Å². The van der Waals surface area contributed by atoms with E-state index in [1.54, 1.807) is 103 Å². The van der Waals surface area contributed by atoms with Crippen LogP contribution in [0.2, 0.25) is 0 Å². The van der Waals surface area contributed by atoms with Crippen molar-refractivity contribution in [3.05, 3.63) is 252 Å². The number of ether oxygens (including phenoxy) is 6. The minimum absolute atomic E-state index is 0.142. The van der Waals surface area contributed by atoms with Crippen molar-refractivity contribution in [2.24, 2.45) is 0 Å². The molecule has 18 nitrogen and oxygen atoms in total. The van der Waals surface area contributed by atoms with E-state index in [0.29, 0.717) is 42.4 Å². The molecule has 0 amide bonds. The zero-order chi connectivity index (χ0) is 84.3. The fraction of sp³-hybridized carbons (Fsp3) is 0.308. The molecule has 0 saturated heterocycles. The Balaban J connectivity index is 0.000000668. The van der Waals surface area contributed by atoms with E-state index < -0.39 is 103 Å². The molecule has 6 N–H and O–H groups in total. The topological polar surface area (TPSA) is 279 Å².